The highest BCUT2D eigenvalue weighted by Crippen LogP contribution is 2.12. The molecule has 0 spiro atoms. The van der Waals surface area contributed by atoms with Gasteiger partial charge in [0.05, 0.1) is 72.5 Å². The third-order valence-electron chi connectivity index (χ3n) is 3.58. The standard InChI is InChI=1S/C20H33NO8.ClH/c21-17-18-2-1-3-19(16-18)29-15-14-28-13-12-27-11-10-26-9-8-25-7-6-24-5-4-20(22)23;/h1-3,16H,4-15,17,21H2,(H,22,23);1H. The second-order valence-electron chi connectivity index (χ2n) is 5.91. The van der Waals surface area contributed by atoms with Crippen LogP contribution in [0.3, 0.4) is 0 Å². The van der Waals surface area contributed by atoms with Crippen molar-refractivity contribution >= 4 is 18.4 Å². The first-order valence-electron chi connectivity index (χ1n) is 9.74. The quantitative estimate of drug-likeness (QED) is 0.284. The summed E-state index contributed by atoms with van der Waals surface area (Å²) < 4.78 is 32.2. The van der Waals surface area contributed by atoms with Crippen molar-refractivity contribution in [1.82, 2.24) is 0 Å². The normalized spacial score (nSPS) is 10.6. The summed E-state index contributed by atoms with van der Waals surface area (Å²) in [6, 6.07) is 7.69. The predicted octanol–water partition coefficient (Wildman–Crippen LogP) is 1.50. The maximum Gasteiger partial charge on any atom is 0.305 e. The summed E-state index contributed by atoms with van der Waals surface area (Å²) in [4.78, 5) is 10.3. The molecule has 0 amide bonds. The fourth-order valence-corrected chi connectivity index (χ4v) is 2.12. The summed E-state index contributed by atoms with van der Waals surface area (Å²) in [5.74, 6) is -0.0773. The molecule has 0 aliphatic heterocycles. The predicted molar refractivity (Wildman–Crippen MR) is 113 cm³/mol. The van der Waals surface area contributed by atoms with Gasteiger partial charge in [0, 0.05) is 6.54 Å². The van der Waals surface area contributed by atoms with Gasteiger partial charge < -0.3 is 39.3 Å². The van der Waals surface area contributed by atoms with Crippen molar-refractivity contribution < 1.29 is 38.3 Å². The van der Waals surface area contributed by atoms with Gasteiger partial charge in [-0.1, -0.05) is 12.1 Å². The molecule has 0 atom stereocenters. The molecule has 0 unspecified atom stereocenters. The number of ether oxygens (including phenoxy) is 6. The summed E-state index contributed by atoms with van der Waals surface area (Å²) in [6.07, 6.45) is 0.00557. The van der Waals surface area contributed by atoms with E-state index in [2.05, 4.69) is 0 Å². The molecule has 3 N–H and O–H groups in total. The van der Waals surface area contributed by atoms with Gasteiger partial charge in [-0.3, -0.25) is 4.79 Å². The van der Waals surface area contributed by atoms with Crippen molar-refractivity contribution in [3.63, 3.8) is 0 Å². The van der Waals surface area contributed by atoms with Crippen LogP contribution in [0.5, 0.6) is 5.75 Å². The Kier molecular flexibility index (Phi) is 19.8. The van der Waals surface area contributed by atoms with Gasteiger partial charge in [-0.2, -0.15) is 0 Å². The average molecular weight is 452 g/mol. The monoisotopic (exact) mass is 451 g/mol. The summed E-state index contributed by atoms with van der Waals surface area (Å²) in [5.41, 5.74) is 6.63. The fourth-order valence-electron chi connectivity index (χ4n) is 2.12. The van der Waals surface area contributed by atoms with Gasteiger partial charge in [-0.25, -0.2) is 0 Å². The molecule has 0 aliphatic rings. The van der Waals surface area contributed by atoms with E-state index in [1.165, 1.54) is 0 Å². The SMILES string of the molecule is Cl.NCc1cccc(OCCOCCOCCOCCOCCOCCC(=O)O)c1. The number of aliphatic carboxylic acids is 1. The van der Waals surface area contributed by atoms with Gasteiger partial charge in [0.15, 0.2) is 0 Å². The molecule has 10 heteroatoms. The van der Waals surface area contributed by atoms with Crippen molar-refractivity contribution in [2.45, 2.75) is 13.0 Å². The second kappa shape index (κ2) is 20.8. The summed E-state index contributed by atoms with van der Waals surface area (Å²) >= 11 is 0. The molecule has 30 heavy (non-hydrogen) atoms. The van der Waals surface area contributed by atoms with E-state index < -0.39 is 5.97 Å². The number of hydrogen-bond donors (Lipinski definition) is 2. The van der Waals surface area contributed by atoms with Gasteiger partial charge in [-0.15, -0.1) is 12.4 Å². The first-order chi connectivity index (χ1) is 14.2. The largest absolute Gasteiger partial charge is 0.491 e. The van der Waals surface area contributed by atoms with Crippen molar-refractivity contribution in [3.8, 4) is 5.75 Å². The Bertz CT molecular complexity index is 535. The van der Waals surface area contributed by atoms with Gasteiger partial charge in [0.2, 0.25) is 0 Å². The molecule has 0 heterocycles. The molecule has 9 nitrogen and oxygen atoms in total. The van der Waals surface area contributed by atoms with Crippen molar-refractivity contribution in [3.05, 3.63) is 29.8 Å². The van der Waals surface area contributed by atoms with E-state index in [0.717, 1.165) is 11.3 Å². The molecular weight excluding hydrogens is 418 g/mol. The lowest BCUT2D eigenvalue weighted by atomic mass is 10.2. The topological polar surface area (TPSA) is 119 Å². The molecule has 174 valence electrons. The Morgan fingerprint density at radius 2 is 1.23 bits per heavy atom. The lowest BCUT2D eigenvalue weighted by Crippen LogP contribution is -2.14. The Balaban J connectivity index is 0.00000841. The number of carbonyl (C=O) groups is 1. The average Bonchev–Trinajstić information content (AvgIpc) is 2.72. The Morgan fingerprint density at radius 3 is 1.70 bits per heavy atom. The van der Waals surface area contributed by atoms with Gasteiger partial charge >= 0.3 is 5.97 Å². The third kappa shape index (κ3) is 17.4. The third-order valence-corrected chi connectivity index (χ3v) is 3.58. The lowest BCUT2D eigenvalue weighted by molar-refractivity contribution is -0.138. The van der Waals surface area contributed by atoms with Gasteiger partial charge in [0.1, 0.15) is 12.4 Å². The molecule has 0 saturated heterocycles. The van der Waals surface area contributed by atoms with Crippen LogP contribution in [0.1, 0.15) is 12.0 Å². The highest BCUT2D eigenvalue weighted by Gasteiger charge is 1.98. The van der Waals surface area contributed by atoms with Crippen molar-refractivity contribution in [2.75, 3.05) is 72.7 Å². The van der Waals surface area contributed by atoms with Crippen LogP contribution in [0.4, 0.5) is 0 Å². The molecule has 0 bridgehead atoms. The molecule has 1 aromatic rings. The zero-order chi connectivity index (χ0) is 21.0. The van der Waals surface area contributed by atoms with E-state index >= 15 is 0 Å². The smallest absolute Gasteiger partial charge is 0.305 e. The van der Waals surface area contributed by atoms with Crippen LogP contribution in [0, 0.1) is 0 Å². The highest BCUT2D eigenvalue weighted by molar-refractivity contribution is 5.85. The van der Waals surface area contributed by atoms with Crippen LogP contribution < -0.4 is 10.5 Å². The van der Waals surface area contributed by atoms with E-state index in [1.54, 1.807) is 0 Å². The zero-order valence-electron chi connectivity index (χ0n) is 17.3. The summed E-state index contributed by atoms with van der Waals surface area (Å²) in [5, 5.41) is 8.44. The molecule has 1 aromatic carbocycles. The van der Waals surface area contributed by atoms with Crippen LogP contribution in [-0.4, -0.2) is 83.8 Å². The van der Waals surface area contributed by atoms with Crippen LogP contribution in [0.2, 0.25) is 0 Å². The minimum Gasteiger partial charge on any atom is -0.491 e. The number of carboxylic acids is 1. The van der Waals surface area contributed by atoms with E-state index in [-0.39, 0.29) is 25.4 Å². The van der Waals surface area contributed by atoms with Gasteiger partial charge in [0.25, 0.3) is 0 Å². The highest BCUT2D eigenvalue weighted by atomic mass is 35.5. The number of halogens is 1. The summed E-state index contributed by atoms with van der Waals surface area (Å²) in [6.45, 7) is 5.35. The molecule has 1 rings (SSSR count). The zero-order valence-corrected chi connectivity index (χ0v) is 18.1. The first kappa shape index (κ1) is 28.5. The first-order valence-corrected chi connectivity index (χ1v) is 9.74. The maximum atomic E-state index is 10.3. The van der Waals surface area contributed by atoms with Crippen molar-refractivity contribution in [1.29, 1.82) is 0 Å². The molecule has 0 aromatic heterocycles. The van der Waals surface area contributed by atoms with Crippen LogP contribution >= 0.6 is 12.4 Å². The maximum absolute atomic E-state index is 10.3. The number of carboxylic acid groups (broad SMARTS) is 1. The molecule has 0 aliphatic carbocycles. The van der Waals surface area contributed by atoms with E-state index in [9.17, 15) is 4.79 Å². The second-order valence-corrected chi connectivity index (χ2v) is 5.91. The molecular formula is C20H34ClNO8. The van der Waals surface area contributed by atoms with Gasteiger partial charge in [-0.05, 0) is 17.7 Å². The number of benzene rings is 1. The van der Waals surface area contributed by atoms with E-state index in [0.29, 0.717) is 72.6 Å². The molecule has 0 radical (unpaired) electrons. The number of rotatable bonds is 20. The Hall–Kier alpha value is -1.46. The molecule has 0 saturated carbocycles. The Labute approximate surface area is 184 Å². The summed E-state index contributed by atoms with van der Waals surface area (Å²) in [7, 11) is 0. The number of hydrogen-bond acceptors (Lipinski definition) is 8. The minimum absolute atomic E-state index is 0. The number of nitrogens with two attached hydrogens (primary N) is 1. The van der Waals surface area contributed by atoms with E-state index in [4.69, 9.17) is 39.3 Å². The lowest BCUT2D eigenvalue weighted by Gasteiger charge is -2.09. The van der Waals surface area contributed by atoms with Crippen LogP contribution in [0.15, 0.2) is 24.3 Å². The van der Waals surface area contributed by atoms with Crippen LogP contribution in [-0.2, 0) is 35.0 Å². The Morgan fingerprint density at radius 1 is 0.767 bits per heavy atom. The molecule has 0 fully saturated rings. The van der Waals surface area contributed by atoms with E-state index in [1.807, 2.05) is 24.3 Å². The fraction of sp³-hybridized carbons (Fsp3) is 0.650. The van der Waals surface area contributed by atoms with Crippen LogP contribution in [0.25, 0.3) is 0 Å². The minimum atomic E-state index is -0.869. The van der Waals surface area contributed by atoms with Crippen molar-refractivity contribution in [2.24, 2.45) is 5.73 Å².